The number of carbonyl (C=O) groups excluding carboxylic acids is 1. The highest BCUT2D eigenvalue weighted by molar-refractivity contribution is 5.76. The highest BCUT2D eigenvalue weighted by atomic mass is 16.8. The number of hydrogen-bond acceptors (Lipinski definition) is 18. The molecule has 0 aromatic carbocycles. The number of aliphatic hydroxyl groups excluding tert-OH is 11. The Bertz CT molecular complexity index is 2000. The molecule has 17 atom stereocenters. The number of aliphatic hydroxyl groups is 11. The Morgan fingerprint density at radius 1 is 0.340 bits per heavy atom. The van der Waals surface area contributed by atoms with Crippen molar-refractivity contribution in [2.45, 2.75) is 465 Å². The minimum atomic E-state index is -1.98. The number of rotatable bonds is 69. The molecule has 3 aliphatic rings. The summed E-state index contributed by atoms with van der Waals surface area (Å²) in [5.41, 5.74) is 0. The molecule has 19 nitrogen and oxygen atoms in total. The fourth-order valence-corrected chi connectivity index (χ4v) is 14.6. The molecule has 3 heterocycles. The Kier molecular flexibility index (Phi) is 59.9. The first kappa shape index (κ1) is 95.2. The van der Waals surface area contributed by atoms with Crippen LogP contribution in [0.4, 0.5) is 0 Å². The predicted octanol–water partition coefficient (Wildman–Crippen LogP) is 15.1. The van der Waals surface area contributed by atoms with Crippen LogP contribution in [0.5, 0.6) is 0 Å². The van der Waals surface area contributed by atoms with Gasteiger partial charge in [0.05, 0.1) is 38.6 Å². The standard InChI is InChI=1S/C84H157NO18/c1-3-5-7-9-11-13-15-17-19-21-23-25-27-29-31-33-35-37-39-41-43-45-47-49-51-53-55-57-59-61-68(89)67(85-72(90)62-60-58-56-54-52-50-48-46-44-42-40-38-36-34-32-30-28-26-24-22-20-18-16-14-12-10-8-6-4-2)66-98-82-78(96)75(93)80(70(64-87)100-82)103-84-79(97)76(94)81(71(65-88)101-84)102-83-77(95)74(92)73(91)69(63-86)99-83/h43,45,51,53,59,61,67-71,73-84,86-89,91-97H,3-42,44,46-50,52,54-58,60,62-66H2,1-2H3,(H,85,90)/b45-43+,53-51+,61-59+. The molecule has 17 unspecified atom stereocenters. The van der Waals surface area contributed by atoms with Crippen molar-refractivity contribution < 1.29 is 89.4 Å². The van der Waals surface area contributed by atoms with Crippen molar-refractivity contribution in [2.75, 3.05) is 26.4 Å². The number of carbonyl (C=O) groups is 1. The zero-order valence-electron chi connectivity index (χ0n) is 65.1. The fraction of sp³-hybridized carbons (Fsp3) is 0.917. The number of amides is 1. The molecular formula is C84H157NO18. The molecule has 0 spiro atoms. The lowest BCUT2D eigenvalue weighted by Gasteiger charge is -2.48. The number of hydrogen-bond donors (Lipinski definition) is 12. The van der Waals surface area contributed by atoms with Crippen molar-refractivity contribution >= 4 is 5.91 Å². The molecule has 3 fully saturated rings. The van der Waals surface area contributed by atoms with Gasteiger partial charge in [0.2, 0.25) is 5.91 Å². The van der Waals surface area contributed by atoms with Crippen LogP contribution in [0.2, 0.25) is 0 Å². The molecule has 3 aliphatic heterocycles. The molecule has 606 valence electrons. The predicted molar refractivity (Wildman–Crippen MR) is 411 cm³/mol. The molecule has 3 rings (SSSR count). The largest absolute Gasteiger partial charge is 0.394 e. The molecule has 19 heteroatoms. The van der Waals surface area contributed by atoms with Gasteiger partial charge in [-0.15, -0.1) is 0 Å². The second-order valence-electron chi connectivity index (χ2n) is 30.6. The van der Waals surface area contributed by atoms with Gasteiger partial charge in [-0.2, -0.15) is 0 Å². The van der Waals surface area contributed by atoms with Gasteiger partial charge in [-0.1, -0.05) is 346 Å². The van der Waals surface area contributed by atoms with Crippen LogP contribution in [0.1, 0.15) is 361 Å². The quantitative estimate of drug-likeness (QED) is 0.0199. The molecule has 3 saturated heterocycles. The third-order valence-electron chi connectivity index (χ3n) is 21.4. The van der Waals surface area contributed by atoms with Crippen LogP contribution < -0.4 is 5.32 Å². The molecule has 0 aliphatic carbocycles. The van der Waals surface area contributed by atoms with Crippen LogP contribution >= 0.6 is 0 Å². The smallest absolute Gasteiger partial charge is 0.220 e. The van der Waals surface area contributed by atoms with Crippen molar-refractivity contribution in [3.8, 4) is 0 Å². The van der Waals surface area contributed by atoms with E-state index in [9.17, 15) is 61.0 Å². The third-order valence-corrected chi connectivity index (χ3v) is 21.4. The van der Waals surface area contributed by atoms with E-state index in [0.717, 1.165) is 44.9 Å². The highest BCUT2D eigenvalue weighted by Gasteiger charge is 2.54. The Morgan fingerprint density at radius 2 is 0.621 bits per heavy atom. The summed E-state index contributed by atoms with van der Waals surface area (Å²) in [6, 6.07) is -0.996. The molecule has 0 radical (unpaired) electrons. The second-order valence-corrected chi connectivity index (χ2v) is 30.6. The van der Waals surface area contributed by atoms with E-state index in [1.54, 1.807) is 6.08 Å². The maximum absolute atomic E-state index is 13.5. The van der Waals surface area contributed by atoms with Crippen molar-refractivity contribution in [1.29, 1.82) is 0 Å². The first-order valence-electron chi connectivity index (χ1n) is 42.7. The average Bonchev–Trinajstić information content (AvgIpc) is 0.781. The van der Waals surface area contributed by atoms with Crippen molar-refractivity contribution in [2.24, 2.45) is 0 Å². The Hall–Kier alpha value is -1.99. The zero-order chi connectivity index (χ0) is 74.6. The van der Waals surface area contributed by atoms with Crippen molar-refractivity contribution in [3.05, 3.63) is 36.5 Å². The summed E-state index contributed by atoms with van der Waals surface area (Å²) < 4.78 is 34.5. The summed E-state index contributed by atoms with van der Waals surface area (Å²) >= 11 is 0. The van der Waals surface area contributed by atoms with Crippen LogP contribution in [0.25, 0.3) is 0 Å². The summed E-state index contributed by atoms with van der Waals surface area (Å²) in [5.74, 6) is -0.282. The summed E-state index contributed by atoms with van der Waals surface area (Å²) in [6.07, 6.45) is 54.4. The molecule has 12 N–H and O–H groups in total. The summed E-state index contributed by atoms with van der Waals surface area (Å²) in [5, 5.41) is 121. The summed E-state index contributed by atoms with van der Waals surface area (Å²) in [7, 11) is 0. The molecular weight excluding hydrogens is 1310 g/mol. The van der Waals surface area contributed by atoms with Crippen LogP contribution in [0.3, 0.4) is 0 Å². The van der Waals surface area contributed by atoms with E-state index in [2.05, 4.69) is 43.5 Å². The summed E-state index contributed by atoms with van der Waals surface area (Å²) in [6.45, 7) is 1.78. The first-order valence-corrected chi connectivity index (χ1v) is 42.7. The molecule has 0 aromatic heterocycles. The number of ether oxygens (including phenoxy) is 6. The van der Waals surface area contributed by atoms with Gasteiger partial charge in [0.15, 0.2) is 18.9 Å². The van der Waals surface area contributed by atoms with E-state index in [4.69, 9.17) is 28.4 Å². The number of allylic oxidation sites excluding steroid dienone is 5. The SMILES string of the molecule is CCCCCCCCCCCCCCCCCCCCC/C=C/CC/C=C/CC/C=C/C(O)C(COC1OC(CO)C(OC2OC(CO)C(OC3OC(CO)C(O)C(O)C3O)C(O)C2O)C(O)C1O)NC(=O)CCCCCCCCCCCCCCCCCCCCCCCCCCCCCCC. The van der Waals surface area contributed by atoms with Gasteiger partial charge in [0.25, 0.3) is 0 Å². The van der Waals surface area contributed by atoms with Gasteiger partial charge in [0.1, 0.15) is 73.2 Å². The lowest BCUT2D eigenvalue weighted by atomic mass is 9.96. The van der Waals surface area contributed by atoms with Gasteiger partial charge >= 0.3 is 0 Å². The molecule has 103 heavy (non-hydrogen) atoms. The molecule has 0 bridgehead atoms. The fourth-order valence-electron chi connectivity index (χ4n) is 14.6. The number of nitrogens with one attached hydrogen (secondary N) is 1. The minimum absolute atomic E-state index is 0.237. The monoisotopic (exact) mass is 1470 g/mol. The Labute approximate surface area is 625 Å². The van der Waals surface area contributed by atoms with Gasteiger partial charge in [0, 0.05) is 6.42 Å². The van der Waals surface area contributed by atoms with E-state index in [1.807, 2.05) is 6.08 Å². The topological polar surface area (TPSA) is 307 Å². The normalized spacial score (nSPS) is 26.2. The minimum Gasteiger partial charge on any atom is -0.394 e. The Balaban J connectivity index is 1.37. The average molecular weight is 1470 g/mol. The van der Waals surface area contributed by atoms with Gasteiger partial charge in [-0.05, 0) is 44.9 Å². The van der Waals surface area contributed by atoms with E-state index in [1.165, 1.54) is 283 Å². The highest BCUT2D eigenvalue weighted by Crippen LogP contribution is 2.33. The third kappa shape index (κ3) is 44.5. The lowest BCUT2D eigenvalue weighted by molar-refractivity contribution is -0.379. The van der Waals surface area contributed by atoms with Crippen molar-refractivity contribution in [1.82, 2.24) is 5.32 Å². The molecule has 1 amide bonds. The summed E-state index contributed by atoms with van der Waals surface area (Å²) in [4.78, 5) is 13.5. The van der Waals surface area contributed by atoms with Gasteiger partial charge in [-0.3, -0.25) is 4.79 Å². The Morgan fingerprint density at radius 3 is 0.971 bits per heavy atom. The van der Waals surface area contributed by atoms with E-state index >= 15 is 0 Å². The van der Waals surface area contributed by atoms with E-state index < -0.39 is 124 Å². The van der Waals surface area contributed by atoms with Crippen LogP contribution in [-0.2, 0) is 33.2 Å². The molecule has 0 saturated carbocycles. The van der Waals surface area contributed by atoms with Crippen LogP contribution in [0.15, 0.2) is 36.5 Å². The number of unbranched alkanes of at least 4 members (excludes halogenated alkanes) is 49. The van der Waals surface area contributed by atoms with Crippen LogP contribution in [-0.4, -0.2) is 193 Å². The van der Waals surface area contributed by atoms with E-state index in [-0.39, 0.29) is 18.9 Å². The van der Waals surface area contributed by atoms with E-state index in [0.29, 0.717) is 12.8 Å². The maximum Gasteiger partial charge on any atom is 0.220 e. The zero-order valence-corrected chi connectivity index (χ0v) is 65.1. The first-order chi connectivity index (χ1) is 50.3. The van der Waals surface area contributed by atoms with Gasteiger partial charge < -0.3 is 89.9 Å². The van der Waals surface area contributed by atoms with Gasteiger partial charge in [-0.25, -0.2) is 0 Å². The lowest BCUT2D eigenvalue weighted by Crippen LogP contribution is -2.66. The van der Waals surface area contributed by atoms with Crippen LogP contribution in [0, 0.1) is 0 Å². The maximum atomic E-state index is 13.5. The molecule has 0 aromatic rings. The second kappa shape index (κ2) is 64.8. The van der Waals surface area contributed by atoms with Crippen molar-refractivity contribution in [3.63, 3.8) is 0 Å².